The van der Waals surface area contributed by atoms with Gasteiger partial charge in [-0.25, -0.2) is 0 Å². The lowest BCUT2D eigenvalue weighted by molar-refractivity contribution is -0.139. The summed E-state index contributed by atoms with van der Waals surface area (Å²) in [4.78, 5) is 30.2. The minimum Gasteiger partial charge on any atom is -0.507 e. The van der Waals surface area contributed by atoms with Gasteiger partial charge in [-0.2, -0.15) is 0 Å². The number of aliphatic hydroxyl groups is 1. The summed E-state index contributed by atoms with van der Waals surface area (Å²) in [7, 11) is 5.46. The van der Waals surface area contributed by atoms with Crippen LogP contribution in [-0.2, 0) is 9.59 Å². The first-order valence-electron chi connectivity index (χ1n) is 13.3. The van der Waals surface area contributed by atoms with Gasteiger partial charge in [0.15, 0.2) is 23.0 Å². The van der Waals surface area contributed by atoms with Crippen LogP contribution >= 0.6 is 0 Å². The first-order valence-corrected chi connectivity index (χ1v) is 13.3. The van der Waals surface area contributed by atoms with E-state index in [4.69, 9.17) is 18.9 Å². The Bertz CT molecular complexity index is 1240. The molecule has 9 nitrogen and oxygen atoms in total. The highest BCUT2D eigenvalue weighted by atomic mass is 16.6. The van der Waals surface area contributed by atoms with Gasteiger partial charge in [-0.15, -0.1) is 0 Å². The second-order valence-electron chi connectivity index (χ2n) is 10.4. The van der Waals surface area contributed by atoms with E-state index in [0.29, 0.717) is 72.8 Å². The number of benzene rings is 2. The number of nitrogens with zero attached hydrogens (tertiary/aromatic N) is 2. The van der Waals surface area contributed by atoms with E-state index in [9.17, 15) is 14.7 Å². The maximum absolute atomic E-state index is 13.4. The van der Waals surface area contributed by atoms with Crippen molar-refractivity contribution in [2.24, 2.45) is 5.92 Å². The van der Waals surface area contributed by atoms with Gasteiger partial charge in [0.25, 0.3) is 11.7 Å². The Morgan fingerprint density at radius 1 is 1.08 bits per heavy atom. The number of hydrogen-bond acceptors (Lipinski definition) is 8. The zero-order chi connectivity index (χ0) is 28.1. The third-order valence-electron chi connectivity index (χ3n) is 6.82. The topological polar surface area (TPSA) is 97.8 Å². The minimum absolute atomic E-state index is 0.0251. The van der Waals surface area contributed by atoms with Crippen LogP contribution < -0.4 is 18.9 Å². The van der Waals surface area contributed by atoms with E-state index >= 15 is 0 Å². The van der Waals surface area contributed by atoms with Crippen molar-refractivity contribution in [3.05, 3.63) is 53.1 Å². The van der Waals surface area contributed by atoms with Crippen LogP contribution in [0.2, 0.25) is 0 Å². The lowest BCUT2D eigenvalue weighted by Gasteiger charge is -2.26. The molecule has 1 unspecified atom stereocenters. The standard InChI is InChI=1S/C30H38N2O7/c1-19(2)11-14-37-22-9-7-20(17-24(22)36-5)27-26(29(34)30(35)32(27)13-6-12-31(3)4)28(33)21-8-10-23-25(18-21)39-16-15-38-23/h7-10,17-19,27,33H,6,11-16H2,1-5H3/b28-26+. The van der Waals surface area contributed by atoms with Crippen molar-refractivity contribution in [3.8, 4) is 23.0 Å². The summed E-state index contributed by atoms with van der Waals surface area (Å²) in [5.41, 5.74) is 1.04. The maximum atomic E-state index is 13.4. The fraction of sp³-hybridized carbons (Fsp3) is 0.467. The molecule has 2 aromatic carbocycles. The molecule has 0 radical (unpaired) electrons. The van der Waals surface area contributed by atoms with Crippen LogP contribution in [0.15, 0.2) is 42.0 Å². The molecule has 0 bridgehead atoms. The summed E-state index contributed by atoms with van der Waals surface area (Å²) in [6.45, 7) is 6.72. The van der Waals surface area contributed by atoms with Gasteiger partial charge in [-0.05, 0) is 75.3 Å². The molecular formula is C30H38N2O7. The molecule has 9 heteroatoms. The van der Waals surface area contributed by atoms with Gasteiger partial charge in [0, 0.05) is 12.1 Å². The predicted octanol–water partition coefficient (Wildman–Crippen LogP) is 4.26. The number of Topliss-reactive ketones (excluding diaryl/α,β-unsaturated/α-hetero) is 1. The summed E-state index contributed by atoms with van der Waals surface area (Å²) < 4.78 is 22.8. The number of fused-ring (bicyclic) bond motifs is 1. The van der Waals surface area contributed by atoms with Crippen molar-refractivity contribution in [3.63, 3.8) is 0 Å². The van der Waals surface area contributed by atoms with Gasteiger partial charge in [0.05, 0.1) is 25.3 Å². The molecule has 2 heterocycles. The molecule has 1 N–H and O–H groups in total. The second kappa shape index (κ2) is 12.4. The number of ketones is 1. The van der Waals surface area contributed by atoms with E-state index in [0.717, 1.165) is 13.0 Å². The van der Waals surface area contributed by atoms with E-state index in [-0.39, 0.29) is 11.3 Å². The quantitative estimate of drug-likeness (QED) is 0.258. The number of aliphatic hydroxyl groups excluding tert-OH is 1. The van der Waals surface area contributed by atoms with Crippen molar-refractivity contribution in [1.82, 2.24) is 9.80 Å². The summed E-state index contributed by atoms with van der Waals surface area (Å²) in [5, 5.41) is 11.4. The normalized spacial score (nSPS) is 18.2. The molecule has 2 aliphatic rings. The van der Waals surface area contributed by atoms with Gasteiger partial charge in [0.1, 0.15) is 19.0 Å². The number of likely N-dealkylation sites (tertiary alicyclic amines) is 1. The molecule has 4 rings (SSSR count). The average Bonchev–Trinajstić information content (AvgIpc) is 3.17. The Balaban J connectivity index is 1.76. The van der Waals surface area contributed by atoms with Crippen LogP contribution in [0.4, 0.5) is 0 Å². The van der Waals surface area contributed by atoms with Crippen molar-refractivity contribution in [2.75, 3.05) is 54.1 Å². The molecule has 39 heavy (non-hydrogen) atoms. The lowest BCUT2D eigenvalue weighted by atomic mass is 9.94. The van der Waals surface area contributed by atoms with E-state index in [1.54, 1.807) is 37.4 Å². The first kappa shape index (κ1) is 28.3. The lowest BCUT2D eigenvalue weighted by Crippen LogP contribution is -2.32. The summed E-state index contributed by atoms with van der Waals surface area (Å²) >= 11 is 0. The summed E-state index contributed by atoms with van der Waals surface area (Å²) in [6.07, 6.45) is 1.56. The predicted molar refractivity (Wildman–Crippen MR) is 148 cm³/mol. The molecule has 0 aromatic heterocycles. The van der Waals surface area contributed by atoms with Crippen LogP contribution in [0.25, 0.3) is 5.76 Å². The molecular weight excluding hydrogens is 500 g/mol. The maximum Gasteiger partial charge on any atom is 0.295 e. The van der Waals surface area contributed by atoms with Crippen molar-refractivity contribution in [2.45, 2.75) is 32.7 Å². The SMILES string of the molecule is COc1cc(C2/C(=C(\O)c3ccc4c(c3)OCCO4)C(=O)C(=O)N2CCCN(C)C)ccc1OCCC(C)C. The molecule has 0 spiro atoms. The fourth-order valence-electron chi connectivity index (χ4n) is 4.74. The van der Waals surface area contributed by atoms with Crippen LogP contribution in [0.3, 0.4) is 0 Å². The van der Waals surface area contributed by atoms with Gasteiger partial charge >= 0.3 is 0 Å². The largest absolute Gasteiger partial charge is 0.507 e. The van der Waals surface area contributed by atoms with Crippen molar-refractivity contribution in [1.29, 1.82) is 0 Å². The van der Waals surface area contributed by atoms with Crippen LogP contribution in [0.1, 0.15) is 43.9 Å². The van der Waals surface area contributed by atoms with Crippen LogP contribution in [0.5, 0.6) is 23.0 Å². The Kier molecular flexibility index (Phi) is 9.01. The second-order valence-corrected chi connectivity index (χ2v) is 10.4. The number of methoxy groups -OCH3 is 1. The zero-order valence-electron chi connectivity index (χ0n) is 23.4. The van der Waals surface area contributed by atoms with E-state index in [1.165, 1.54) is 4.90 Å². The Morgan fingerprint density at radius 2 is 1.82 bits per heavy atom. The Morgan fingerprint density at radius 3 is 2.51 bits per heavy atom. The molecule has 1 saturated heterocycles. The van der Waals surface area contributed by atoms with Gasteiger partial charge in [-0.3, -0.25) is 9.59 Å². The average molecular weight is 539 g/mol. The Hall–Kier alpha value is -3.72. The number of carbonyl (C=O) groups is 2. The fourth-order valence-corrected chi connectivity index (χ4v) is 4.74. The molecule has 2 aliphatic heterocycles. The molecule has 1 atom stereocenters. The highest BCUT2D eigenvalue weighted by Crippen LogP contribution is 2.43. The van der Waals surface area contributed by atoms with Crippen molar-refractivity contribution < 1.29 is 33.6 Å². The smallest absolute Gasteiger partial charge is 0.295 e. The van der Waals surface area contributed by atoms with Gasteiger partial charge in [-0.1, -0.05) is 19.9 Å². The molecule has 1 amide bonds. The van der Waals surface area contributed by atoms with Gasteiger partial charge in [0.2, 0.25) is 0 Å². The molecule has 0 aliphatic carbocycles. The number of carbonyl (C=O) groups excluding carboxylic acids is 2. The van der Waals surface area contributed by atoms with Gasteiger partial charge < -0.3 is 33.9 Å². The van der Waals surface area contributed by atoms with E-state index in [1.807, 2.05) is 25.1 Å². The monoisotopic (exact) mass is 538 g/mol. The third-order valence-corrected chi connectivity index (χ3v) is 6.82. The number of ether oxygens (including phenoxy) is 4. The zero-order valence-corrected chi connectivity index (χ0v) is 23.4. The number of rotatable bonds is 11. The van der Waals surface area contributed by atoms with E-state index in [2.05, 4.69) is 13.8 Å². The van der Waals surface area contributed by atoms with Crippen molar-refractivity contribution >= 4 is 17.4 Å². The van der Waals surface area contributed by atoms with Crippen LogP contribution in [-0.4, -0.2) is 80.7 Å². The molecule has 0 saturated carbocycles. The number of amides is 1. The molecule has 2 aromatic rings. The van der Waals surface area contributed by atoms with E-state index < -0.39 is 17.7 Å². The molecule has 1 fully saturated rings. The summed E-state index contributed by atoms with van der Waals surface area (Å²) in [5.74, 6) is 0.984. The first-order chi connectivity index (χ1) is 18.7. The highest BCUT2D eigenvalue weighted by molar-refractivity contribution is 6.46. The Labute approximate surface area is 229 Å². The highest BCUT2D eigenvalue weighted by Gasteiger charge is 2.46. The third kappa shape index (κ3) is 6.30. The number of hydrogen-bond donors (Lipinski definition) is 1. The molecule has 210 valence electrons. The minimum atomic E-state index is -0.793. The summed E-state index contributed by atoms with van der Waals surface area (Å²) in [6, 6.07) is 9.57. The van der Waals surface area contributed by atoms with Crippen LogP contribution in [0, 0.1) is 5.92 Å².